The van der Waals surface area contributed by atoms with Gasteiger partial charge in [0.15, 0.2) is 0 Å². The number of benzene rings is 2. The van der Waals surface area contributed by atoms with Crippen LogP contribution in [0.2, 0.25) is 5.02 Å². The SMILES string of the molecule is N#C/C(=C/Nc1ccccc1C(F)(F)F)C(=O)Nc1ccc(Cl)cc1. The maximum atomic E-state index is 12.9. The maximum absolute atomic E-state index is 12.9. The Kier molecular flexibility index (Phi) is 5.67. The minimum Gasteiger partial charge on any atom is -0.360 e. The summed E-state index contributed by atoms with van der Waals surface area (Å²) in [6.07, 6.45) is -3.63. The third kappa shape index (κ3) is 4.99. The summed E-state index contributed by atoms with van der Waals surface area (Å²) in [5.74, 6) is -0.762. The summed E-state index contributed by atoms with van der Waals surface area (Å²) in [7, 11) is 0. The third-order valence-electron chi connectivity index (χ3n) is 3.07. The van der Waals surface area contributed by atoms with E-state index in [2.05, 4.69) is 10.6 Å². The lowest BCUT2D eigenvalue weighted by molar-refractivity contribution is -0.136. The Balaban J connectivity index is 2.17. The van der Waals surface area contributed by atoms with E-state index in [0.29, 0.717) is 10.7 Å². The van der Waals surface area contributed by atoms with Crippen LogP contribution in [0.15, 0.2) is 60.3 Å². The number of nitriles is 1. The molecule has 128 valence electrons. The molecule has 0 heterocycles. The van der Waals surface area contributed by atoms with Gasteiger partial charge >= 0.3 is 6.18 Å². The zero-order valence-corrected chi connectivity index (χ0v) is 13.3. The molecule has 0 fully saturated rings. The lowest BCUT2D eigenvalue weighted by Crippen LogP contribution is -2.15. The highest BCUT2D eigenvalue weighted by Gasteiger charge is 2.33. The van der Waals surface area contributed by atoms with Crippen LogP contribution in [0, 0.1) is 11.3 Å². The fraction of sp³-hybridized carbons (Fsp3) is 0.0588. The lowest BCUT2D eigenvalue weighted by Gasteiger charge is -2.12. The summed E-state index contributed by atoms with van der Waals surface area (Å²) < 4.78 is 38.8. The van der Waals surface area contributed by atoms with E-state index < -0.39 is 17.6 Å². The minimum atomic E-state index is -4.56. The molecule has 2 rings (SSSR count). The molecule has 0 unspecified atom stereocenters. The van der Waals surface area contributed by atoms with Gasteiger partial charge in [-0.15, -0.1) is 0 Å². The average Bonchev–Trinajstić information content (AvgIpc) is 2.57. The second-order valence-electron chi connectivity index (χ2n) is 4.82. The van der Waals surface area contributed by atoms with E-state index in [-0.39, 0.29) is 11.3 Å². The Labute approximate surface area is 146 Å². The van der Waals surface area contributed by atoms with Crippen LogP contribution in [0.1, 0.15) is 5.56 Å². The molecule has 2 N–H and O–H groups in total. The standard InChI is InChI=1S/C17H11ClF3N3O/c18-12-5-7-13(8-6-12)24-16(25)11(9-22)10-23-15-4-2-1-3-14(15)17(19,20)21/h1-8,10,23H,(H,24,25)/b11-10-. The maximum Gasteiger partial charge on any atom is 0.418 e. The molecule has 0 saturated carbocycles. The smallest absolute Gasteiger partial charge is 0.360 e. The van der Waals surface area contributed by atoms with Crippen molar-refractivity contribution in [3.8, 4) is 6.07 Å². The Morgan fingerprint density at radius 1 is 1.12 bits per heavy atom. The van der Waals surface area contributed by atoms with Gasteiger partial charge in [0.2, 0.25) is 0 Å². The van der Waals surface area contributed by atoms with Crippen LogP contribution >= 0.6 is 11.6 Å². The van der Waals surface area contributed by atoms with Gasteiger partial charge in [0.1, 0.15) is 11.6 Å². The Bertz CT molecular complexity index is 839. The number of hydrogen-bond donors (Lipinski definition) is 2. The number of halogens is 4. The number of rotatable bonds is 4. The third-order valence-corrected chi connectivity index (χ3v) is 3.32. The molecule has 0 saturated heterocycles. The van der Waals surface area contributed by atoms with E-state index in [1.54, 1.807) is 18.2 Å². The molecule has 0 aliphatic carbocycles. The van der Waals surface area contributed by atoms with Crippen molar-refractivity contribution in [2.45, 2.75) is 6.18 Å². The van der Waals surface area contributed by atoms with Crippen LogP contribution in [0.5, 0.6) is 0 Å². The van der Waals surface area contributed by atoms with Crippen molar-refractivity contribution >= 4 is 28.9 Å². The number of hydrogen-bond acceptors (Lipinski definition) is 3. The topological polar surface area (TPSA) is 64.9 Å². The van der Waals surface area contributed by atoms with E-state index in [4.69, 9.17) is 16.9 Å². The average molecular weight is 366 g/mol. The molecule has 4 nitrogen and oxygen atoms in total. The van der Waals surface area contributed by atoms with Crippen LogP contribution in [-0.4, -0.2) is 5.91 Å². The monoisotopic (exact) mass is 365 g/mol. The predicted molar refractivity (Wildman–Crippen MR) is 88.8 cm³/mol. The molecule has 0 spiro atoms. The van der Waals surface area contributed by atoms with Gasteiger partial charge in [-0.05, 0) is 36.4 Å². The molecule has 2 aromatic carbocycles. The van der Waals surface area contributed by atoms with Crippen molar-refractivity contribution < 1.29 is 18.0 Å². The summed E-state index contributed by atoms with van der Waals surface area (Å²) in [4.78, 5) is 12.0. The zero-order chi connectivity index (χ0) is 18.4. The Morgan fingerprint density at radius 3 is 2.36 bits per heavy atom. The van der Waals surface area contributed by atoms with Gasteiger partial charge in [0, 0.05) is 16.9 Å². The predicted octanol–water partition coefficient (Wildman–Crippen LogP) is 4.82. The first-order valence-electron chi connectivity index (χ1n) is 6.91. The first kappa shape index (κ1) is 18.4. The van der Waals surface area contributed by atoms with Gasteiger partial charge in [-0.1, -0.05) is 23.7 Å². The van der Waals surface area contributed by atoms with Crippen molar-refractivity contribution in [3.05, 3.63) is 70.9 Å². The van der Waals surface area contributed by atoms with Gasteiger partial charge in [0.05, 0.1) is 11.3 Å². The number of nitrogens with one attached hydrogen (secondary N) is 2. The van der Waals surface area contributed by atoms with Gasteiger partial charge in [-0.2, -0.15) is 18.4 Å². The quantitative estimate of drug-likeness (QED) is 0.603. The van der Waals surface area contributed by atoms with Crippen LogP contribution in [0.3, 0.4) is 0 Å². The molecule has 0 radical (unpaired) electrons. The number of alkyl halides is 3. The number of carbonyl (C=O) groups is 1. The number of carbonyl (C=O) groups excluding carboxylic acids is 1. The highest BCUT2D eigenvalue weighted by Crippen LogP contribution is 2.34. The van der Waals surface area contributed by atoms with Crippen molar-refractivity contribution in [1.29, 1.82) is 5.26 Å². The number of amides is 1. The largest absolute Gasteiger partial charge is 0.418 e. The molecule has 2 aromatic rings. The highest BCUT2D eigenvalue weighted by molar-refractivity contribution is 6.30. The van der Waals surface area contributed by atoms with Crippen molar-refractivity contribution in [3.63, 3.8) is 0 Å². The van der Waals surface area contributed by atoms with Gasteiger partial charge < -0.3 is 10.6 Å². The van der Waals surface area contributed by atoms with E-state index >= 15 is 0 Å². The summed E-state index contributed by atoms with van der Waals surface area (Å²) in [6, 6.07) is 12.5. The van der Waals surface area contributed by atoms with E-state index in [1.807, 2.05) is 0 Å². The second kappa shape index (κ2) is 7.73. The van der Waals surface area contributed by atoms with Crippen LogP contribution < -0.4 is 10.6 Å². The fourth-order valence-corrected chi connectivity index (χ4v) is 2.01. The van der Waals surface area contributed by atoms with E-state index in [0.717, 1.165) is 12.3 Å². The summed E-state index contributed by atoms with van der Waals surface area (Å²) in [5.41, 5.74) is -1.15. The summed E-state index contributed by atoms with van der Waals surface area (Å²) in [6.45, 7) is 0. The van der Waals surface area contributed by atoms with Crippen LogP contribution in [0.4, 0.5) is 24.5 Å². The second-order valence-corrected chi connectivity index (χ2v) is 5.25. The number of para-hydroxylation sites is 1. The fourth-order valence-electron chi connectivity index (χ4n) is 1.89. The van der Waals surface area contributed by atoms with E-state index in [9.17, 15) is 18.0 Å². The molecular formula is C17H11ClF3N3O. The zero-order valence-electron chi connectivity index (χ0n) is 12.6. The first-order valence-corrected chi connectivity index (χ1v) is 7.29. The summed E-state index contributed by atoms with van der Waals surface area (Å²) in [5, 5.41) is 14.3. The molecule has 0 aromatic heterocycles. The molecule has 0 atom stereocenters. The van der Waals surface area contributed by atoms with Crippen molar-refractivity contribution in [2.24, 2.45) is 0 Å². The highest BCUT2D eigenvalue weighted by atomic mass is 35.5. The molecule has 1 amide bonds. The Hall–Kier alpha value is -2.98. The van der Waals surface area contributed by atoms with Gasteiger partial charge in [0.25, 0.3) is 5.91 Å². The molecule has 25 heavy (non-hydrogen) atoms. The Morgan fingerprint density at radius 2 is 1.76 bits per heavy atom. The van der Waals surface area contributed by atoms with Gasteiger partial charge in [-0.25, -0.2) is 0 Å². The molecule has 8 heteroatoms. The lowest BCUT2D eigenvalue weighted by atomic mass is 10.1. The van der Waals surface area contributed by atoms with Crippen LogP contribution in [0.25, 0.3) is 0 Å². The number of nitrogens with zero attached hydrogens (tertiary/aromatic N) is 1. The normalized spacial score (nSPS) is 11.6. The molecular weight excluding hydrogens is 355 g/mol. The molecule has 0 bridgehead atoms. The molecule has 0 aliphatic heterocycles. The van der Waals surface area contributed by atoms with Crippen molar-refractivity contribution in [2.75, 3.05) is 10.6 Å². The molecule has 0 aliphatic rings. The first-order chi connectivity index (χ1) is 11.8. The van der Waals surface area contributed by atoms with Crippen molar-refractivity contribution in [1.82, 2.24) is 0 Å². The van der Waals surface area contributed by atoms with Crippen LogP contribution in [-0.2, 0) is 11.0 Å². The summed E-state index contributed by atoms with van der Waals surface area (Å²) >= 11 is 5.73. The van der Waals surface area contributed by atoms with Gasteiger partial charge in [-0.3, -0.25) is 4.79 Å². The minimum absolute atomic E-state index is 0.262. The van der Waals surface area contributed by atoms with E-state index in [1.165, 1.54) is 30.3 Å². The number of anilines is 2.